The van der Waals surface area contributed by atoms with Crippen LogP contribution in [0.15, 0.2) is 40.5 Å². The summed E-state index contributed by atoms with van der Waals surface area (Å²) in [7, 11) is 0. The Labute approximate surface area is 191 Å². The molecule has 0 fully saturated rings. The number of rotatable bonds is 4. The normalized spacial score (nSPS) is 25.1. The van der Waals surface area contributed by atoms with Crippen LogP contribution in [0.1, 0.15) is 95.9 Å². The Morgan fingerprint density at radius 1 is 0.929 bits per heavy atom. The summed E-state index contributed by atoms with van der Waals surface area (Å²) >= 11 is 0. The Bertz CT molecular complexity index is 856. The van der Waals surface area contributed by atoms with Gasteiger partial charge in [-0.1, -0.05) is 62.1 Å². The summed E-state index contributed by atoms with van der Waals surface area (Å²) in [5.41, 5.74) is 13.0. The Balaban J connectivity index is 0.00000225. The molecule has 0 saturated carbocycles. The number of allylic oxidation sites excluding steroid dienone is 5. The van der Waals surface area contributed by atoms with Gasteiger partial charge >= 0.3 is 0 Å². The van der Waals surface area contributed by atoms with E-state index in [1.807, 2.05) is 0 Å². The first-order valence-corrected chi connectivity index (χ1v) is 11.1. The third-order valence-corrected chi connectivity index (χ3v) is 8.56. The molecule has 1 aromatic carbocycles. The molecule has 148 valence electrons. The molecule has 1 atom stereocenters. The molecule has 4 rings (SSSR count). The zero-order valence-corrected chi connectivity index (χ0v) is 22.4. The van der Waals surface area contributed by atoms with Crippen LogP contribution in [0.4, 0.5) is 0 Å². The van der Waals surface area contributed by atoms with Gasteiger partial charge in [-0.2, -0.15) is 0 Å². The zero-order chi connectivity index (χ0) is 19.4. The molecule has 28 heavy (non-hydrogen) atoms. The van der Waals surface area contributed by atoms with Gasteiger partial charge in [-0.3, -0.25) is 0 Å². The van der Waals surface area contributed by atoms with Crippen molar-refractivity contribution in [3.8, 4) is 0 Å². The molecule has 0 bridgehead atoms. The largest absolute Gasteiger partial charge is 0.0721 e. The first-order chi connectivity index (χ1) is 12.9. The van der Waals surface area contributed by atoms with Gasteiger partial charge < -0.3 is 0 Å². The first-order valence-electron chi connectivity index (χ1n) is 11.1. The van der Waals surface area contributed by atoms with Crippen LogP contribution in [0.25, 0.3) is 6.08 Å². The molecule has 0 spiro atoms. The maximum absolute atomic E-state index is 2.61. The van der Waals surface area contributed by atoms with E-state index in [1.54, 1.807) is 27.8 Å². The fraction of sp³-hybridized carbons (Fsp3) is 0.556. The minimum atomic E-state index is 0. The Morgan fingerprint density at radius 3 is 2.21 bits per heavy atom. The second-order valence-corrected chi connectivity index (χ2v) is 9.41. The fourth-order valence-corrected chi connectivity index (χ4v) is 6.42. The predicted octanol–water partition coefficient (Wildman–Crippen LogP) is 7.71. The number of fused-ring (bicyclic) bond motifs is 3. The predicted molar refractivity (Wildman–Crippen MR) is 118 cm³/mol. The molecular formula is C27H36Hf. The maximum Gasteiger partial charge on any atom is 0.0272 e. The molecule has 1 aromatic rings. The SMILES string of the molecule is CCCCC1(C2(C)C(C)=C(C)C(C)=C2C)C=Cc2ccc3c(c21)CCCC3.[Hf]. The van der Waals surface area contributed by atoms with Gasteiger partial charge in [0.05, 0.1) is 0 Å². The minimum absolute atomic E-state index is 0. The standard InChI is InChI=1S/C27H36.Hf/c1-7-8-16-27(26(6)20(4)18(2)19(3)21(26)5)17-15-23-14-13-22-11-9-10-12-24(22)25(23)27;/h13-15,17H,7-12,16H2,1-6H3;. The van der Waals surface area contributed by atoms with E-state index in [-0.39, 0.29) is 36.7 Å². The van der Waals surface area contributed by atoms with E-state index in [2.05, 4.69) is 65.8 Å². The van der Waals surface area contributed by atoms with Crippen LogP contribution in [0.2, 0.25) is 0 Å². The quantitative estimate of drug-likeness (QED) is 0.344. The van der Waals surface area contributed by atoms with Gasteiger partial charge in [0.15, 0.2) is 0 Å². The minimum Gasteiger partial charge on any atom is -0.0721 e. The van der Waals surface area contributed by atoms with E-state index in [4.69, 9.17) is 0 Å². The number of hydrogen-bond acceptors (Lipinski definition) is 0. The molecule has 0 aromatic heterocycles. The monoisotopic (exact) mass is 540 g/mol. The zero-order valence-electron chi connectivity index (χ0n) is 18.8. The van der Waals surface area contributed by atoms with Crippen molar-refractivity contribution in [2.45, 2.75) is 91.9 Å². The molecule has 0 aliphatic heterocycles. The van der Waals surface area contributed by atoms with E-state index >= 15 is 0 Å². The molecule has 1 heteroatoms. The summed E-state index contributed by atoms with van der Waals surface area (Å²) in [5.74, 6) is 0. The van der Waals surface area contributed by atoms with Crippen LogP contribution >= 0.6 is 0 Å². The first kappa shape index (κ1) is 22.0. The molecule has 0 nitrogen and oxygen atoms in total. The van der Waals surface area contributed by atoms with Gasteiger partial charge in [0.25, 0.3) is 0 Å². The van der Waals surface area contributed by atoms with Crippen molar-refractivity contribution in [3.05, 3.63) is 62.8 Å². The molecule has 1 unspecified atom stereocenters. The topological polar surface area (TPSA) is 0 Å². The second-order valence-electron chi connectivity index (χ2n) is 9.41. The number of benzene rings is 1. The molecule has 0 amide bonds. The summed E-state index contributed by atoms with van der Waals surface area (Å²) in [4.78, 5) is 0. The molecule has 0 heterocycles. The van der Waals surface area contributed by atoms with Gasteiger partial charge in [0, 0.05) is 36.7 Å². The van der Waals surface area contributed by atoms with Gasteiger partial charge in [0.2, 0.25) is 0 Å². The second kappa shape index (κ2) is 7.86. The van der Waals surface area contributed by atoms with Crippen molar-refractivity contribution < 1.29 is 25.8 Å². The average Bonchev–Trinajstić information content (AvgIpc) is 3.15. The third kappa shape index (κ3) is 2.78. The third-order valence-electron chi connectivity index (χ3n) is 8.56. The van der Waals surface area contributed by atoms with Gasteiger partial charge in [-0.05, 0) is 93.2 Å². The average molecular weight is 539 g/mol. The summed E-state index contributed by atoms with van der Waals surface area (Å²) in [5, 5.41) is 0. The van der Waals surface area contributed by atoms with Gasteiger partial charge in [-0.15, -0.1) is 0 Å². The number of aryl methyl sites for hydroxylation is 1. The van der Waals surface area contributed by atoms with Crippen LogP contribution in [0.5, 0.6) is 0 Å². The smallest absolute Gasteiger partial charge is 0.0272 e. The molecule has 0 radical (unpaired) electrons. The molecule has 3 aliphatic rings. The summed E-state index contributed by atoms with van der Waals surface area (Å²) < 4.78 is 0. The summed E-state index contributed by atoms with van der Waals surface area (Å²) in [6.45, 7) is 14.4. The van der Waals surface area contributed by atoms with Crippen molar-refractivity contribution in [2.75, 3.05) is 0 Å². The van der Waals surface area contributed by atoms with Crippen LogP contribution in [0.3, 0.4) is 0 Å². The van der Waals surface area contributed by atoms with E-state index in [9.17, 15) is 0 Å². The van der Waals surface area contributed by atoms with E-state index in [0.717, 1.165) is 0 Å². The van der Waals surface area contributed by atoms with Crippen LogP contribution < -0.4 is 0 Å². The van der Waals surface area contributed by atoms with Gasteiger partial charge in [-0.25, -0.2) is 0 Å². The molecular weight excluding hydrogens is 503 g/mol. The maximum atomic E-state index is 2.61. The van der Waals surface area contributed by atoms with Gasteiger partial charge in [0.1, 0.15) is 0 Å². The van der Waals surface area contributed by atoms with Crippen molar-refractivity contribution in [3.63, 3.8) is 0 Å². The summed E-state index contributed by atoms with van der Waals surface area (Å²) in [6.07, 6.45) is 14.1. The van der Waals surface area contributed by atoms with Crippen LogP contribution in [-0.4, -0.2) is 0 Å². The Morgan fingerprint density at radius 2 is 1.57 bits per heavy atom. The number of unbranched alkanes of at least 4 members (excludes halogenated alkanes) is 1. The van der Waals surface area contributed by atoms with E-state index in [0.29, 0.717) is 0 Å². The number of hydrogen-bond donors (Lipinski definition) is 0. The van der Waals surface area contributed by atoms with E-state index < -0.39 is 0 Å². The van der Waals surface area contributed by atoms with Crippen molar-refractivity contribution in [1.82, 2.24) is 0 Å². The van der Waals surface area contributed by atoms with Crippen molar-refractivity contribution >= 4 is 6.08 Å². The Kier molecular flexibility index (Phi) is 6.18. The molecule has 3 aliphatic carbocycles. The van der Waals surface area contributed by atoms with Crippen molar-refractivity contribution in [1.29, 1.82) is 0 Å². The van der Waals surface area contributed by atoms with E-state index in [1.165, 1.54) is 61.7 Å². The molecule has 0 saturated heterocycles. The van der Waals surface area contributed by atoms with Crippen LogP contribution in [0, 0.1) is 5.41 Å². The fourth-order valence-electron chi connectivity index (χ4n) is 6.42. The van der Waals surface area contributed by atoms with Crippen molar-refractivity contribution in [2.24, 2.45) is 5.41 Å². The van der Waals surface area contributed by atoms with Crippen LogP contribution in [-0.2, 0) is 44.1 Å². The summed E-state index contributed by atoms with van der Waals surface area (Å²) in [6, 6.07) is 4.84. The Hall–Kier alpha value is -0.690. The molecule has 0 N–H and O–H groups in total.